The predicted molar refractivity (Wildman–Crippen MR) is 71.6 cm³/mol. The highest BCUT2D eigenvalue weighted by atomic mass is 35.7. The van der Waals surface area contributed by atoms with Gasteiger partial charge in [0.25, 0.3) is 9.05 Å². The van der Waals surface area contributed by atoms with Gasteiger partial charge in [-0.15, -0.1) is 0 Å². The molecule has 0 aromatic heterocycles. The molecule has 3 nitrogen and oxygen atoms in total. The van der Waals surface area contributed by atoms with Crippen molar-refractivity contribution in [1.29, 1.82) is 0 Å². The Morgan fingerprint density at radius 1 is 1.39 bits per heavy atom. The van der Waals surface area contributed by atoms with Gasteiger partial charge in [-0.25, -0.2) is 8.42 Å². The first kappa shape index (κ1) is 13.4. The second-order valence-corrected chi connectivity index (χ2v) is 6.95. The molecule has 1 aromatic carbocycles. The van der Waals surface area contributed by atoms with E-state index in [9.17, 15) is 8.42 Å². The Kier molecular flexibility index (Phi) is 3.97. The van der Waals surface area contributed by atoms with Gasteiger partial charge in [-0.2, -0.15) is 0 Å². The van der Waals surface area contributed by atoms with E-state index in [-0.39, 0.29) is 11.0 Å². The van der Waals surface area contributed by atoms with Crippen molar-refractivity contribution in [3.05, 3.63) is 35.9 Å². The van der Waals surface area contributed by atoms with E-state index in [0.717, 1.165) is 24.8 Å². The van der Waals surface area contributed by atoms with E-state index >= 15 is 0 Å². The molecule has 0 heterocycles. The fourth-order valence-electron chi connectivity index (χ4n) is 1.95. The van der Waals surface area contributed by atoms with Crippen LogP contribution in [0.2, 0.25) is 0 Å². The summed E-state index contributed by atoms with van der Waals surface area (Å²) in [4.78, 5) is 0.105. The zero-order chi connectivity index (χ0) is 13.2. The first-order valence-corrected chi connectivity index (χ1v) is 8.16. The third-order valence-corrected chi connectivity index (χ3v) is 4.27. The largest absolute Gasteiger partial charge is 0.486 e. The summed E-state index contributed by atoms with van der Waals surface area (Å²) in [6, 6.07) is 4.66. The zero-order valence-electron chi connectivity index (χ0n) is 10.1. The van der Waals surface area contributed by atoms with E-state index in [1.807, 2.05) is 6.92 Å². The predicted octanol–water partition coefficient (Wildman–Crippen LogP) is 3.41. The Hall–Kier alpha value is -1.00. The van der Waals surface area contributed by atoms with Crippen LogP contribution in [0.4, 0.5) is 0 Å². The van der Waals surface area contributed by atoms with Crippen molar-refractivity contribution >= 4 is 19.7 Å². The van der Waals surface area contributed by atoms with Crippen molar-refractivity contribution in [2.45, 2.75) is 37.2 Å². The van der Waals surface area contributed by atoms with Crippen LogP contribution in [0.3, 0.4) is 0 Å². The van der Waals surface area contributed by atoms with Gasteiger partial charge >= 0.3 is 0 Å². The van der Waals surface area contributed by atoms with Gasteiger partial charge in [0.2, 0.25) is 0 Å². The molecule has 0 aliphatic heterocycles. The summed E-state index contributed by atoms with van der Waals surface area (Å²) in [6.45, 7) is 1.81. The van der Waals surface area contributed by atoms with Crippen molar-refractivity contribution in [1.82, 2.24) is 0 Å². The summed E-state index contributed by atoms with van der Waals surface area (Å²) in [5.41, 5.74) is 0.774. The molecule has 0 radical (unpaired) electrons. The lowest BCUT2D eigenvalue weighted by Crippen LogP contribution is -2.16. The lowest BCUT2D eigenvalue weighted by atomic mass is 10.1. The van der Waals surface area contributed by atoms with E-state index in [1.54, 1.807) is 6.07 Å². The summed E-state index contributed by atoms with van der Waals surface area (Å²) in [5, 5.41) is 0. The molecule has 0 amide bonds. The minimum absolute atomic E-state index is 0.0795. The number of rotatable bonds is 3. The van der Waals surface area contributed by atoms with Crippen LogP contribution >= 0.6 is 10.7 Å². The standard InChI is InChI=1S/C13H15ClO3S/c1-10-9-12(18(14,15)16)7-8-13(10)17-11-5-3-2-4-6-11/h3,5,7-9,11H,2,4,6H2,1H3. The molecule has 2 rings (SSSR count). The van der Waals surface area contributed by atoms with E-state index in [4.69, 9.17) is 15.4 Å². The maximum absolute atomic E-state index is 11.2. The number of allylic oxidation sites excluding steroid dienone is 1. The minimum atomic E-state index is -3.67. The number of halogens is 1. The fourth-order valence-corrected chi connectivity index (χ4v) is 2.78. The van der Waals surface area contributed by atoms with Crippen LogP contribution in [0.15, 0.2) is 35.2 Å². The van der Waals surface area contributed by atoms with Gasteiger partial charge in [0, 0.05) is 10.7 Å². The van der Waals surface area contributed by atoms with Crippen LogP contribution in [0.1, 0.15) is 24.8 Å². The van der Waals surface area contributed by atoms with Gasteiger partial charge in [0.1, 0.15) is 11.9 Å². The Bertz CT molecular complexity index is 564. The Balaban J connectivity index is 2.20. The van der Waals surface area contributed by atoms with E-state index in [2.05, 4.69) is 12.2 Å². The monoisotopic (exact) mass is 286 g/mol. The second kappa shape index (κ2) is 5.33. The van der Waals surface area contributed by atoms with Crippen LogP contribution in [0.25, 0.3) is 0 Å². The van der Waals surface area contributed by atoms with Gasteiger partial charge in [-0.1, -0.05) is 6.08 Å². The molecule has 1 aromatic rings. The molecular formula is C13H15ClO3S. The van der Waals surface area contributed by atoms with Crippen molar-refractivity contribution in [2.75, 3.05) is 0 Å². The van der Waals surface area contributed by atoms with E-state index < -0.39 is 9.05 Å². The number of benzene rings is 1. The Morgan fingerprint density at radius 2 is 2.17 bits per heavy atom. The lowest BCUT2D eigenvalue weighted by Gasteiger charge is -2.19. The average molecular weight is 287 g/mol. The molecule has 1 aliphatic rings. The van der Waals surface area contributed by atoms with E-state index in [0.29, 0.717) is 5.75 Å². The molecule has 0 saturated heterocycles. The highest BCUT2D eigenvalue weighted by Gasteiger charge is 2.14. The van der Waals surface area contributed by atoms with Crippen LogP contribution in [0.5, 0.6) is 5.75 Å². The fraction of sp³-hybridized carbons (Fsp3) is 0.385. The van der Waals surface area contributed by atoms with Crippen LogP contribution in [-0.4, -0.2) is 14.5 Å². The topological polar surface area (TPSA) is 43.4 Å². The number of aryl methyl sites for hydroxylation is 1. The Morgan fingerprint density at radius 3 is 2.72 bits per heavy atom. The van der Waals surface area contributed by atoms with Crippen LogP contribution in [0, 0.1) is 6.92 Å². The summed E-state index contributed by atoms with van der Waals surface area (Å²) in [6.07, 6.45) is 7.45. The smallest absolute Gasteiger partial charge is 0.261 e. The highest BCUT2D eigenvalue weighted by molar-refractivity contribution is 8.13. The Labute approximate surface area is 112 Å². The van der Waals surface area contributed by atoms with Gasteiger partial charge in [-0.3, -0.25) is 0 Å². The second-order valence-electron chi connectivity index (χ2n) is 4.38. The molecule has 5 heteroatoms. The number of hydrogen-bond donors (Lipinski definition) is 0. The van der Waals surface area contributed by atoms with Gasteiger partial charge in [-0.05, 0) is 56.0 Å². The zero-order valence-corrected chi connectivity index (χ0v) is 11.7. The van der Waals surface area contributed by atoms with Gasteiger partial charge in [0.05, 0.1) is 4.90 Å². The van der Waals surface area contributed by atoms with Crippen molar-refractivity contribution in [3.8, 4) is 5.75 Å². The van der Waals surface area contributed by atoms with Crippen molar-refractivity contribution in [2.24, 2.45) is 0 Å². The molecule has 1 unspecified atom stereocenters. The summed E-state index contributed by atoms with van der Waals surface area (Å²) in [5.74, 6) is 0.704. The van der Waals surface area contributed by atoms with Crippen LogP contribution < -0.4 is 4.74 Å². The van der Waals surface area contributed by atoms with Gasteiger partial charge < -0.3 is 4.74 Å². The molecule has 0 N–H and O–H groups in total. The molecule has 0 saturated carbocycles. The molecular weight excluding hydrogens is 272 g/mol. The molecule has 0 fully saturated rings. The summed E-state index contributed by atoms with van der Waals surface area (Å²) in [7, 11) is 1.62. The minimum Gasteiger partial charge on any atom is -0.486 e. The van der Waals surface area contributed by atoms with Gasteiger partial charge in [0.15, 0.2) is 0 Å². The summed E-state index contributed by atoms with van der Waals surface area (Å²) < 4.78 is 28.2. The first-order valence-electron chi connectivity index (χ1n) is 5.85. The maximum Gasteiger partial charge on any atom is 0.261 e. The first-order chi connectivity index (χ1) is 8.47. The van der Waals surface area contributed by atoms with Crippen molar-refractivity contribution < 1.29 is 13.2 Å². The molecule has 98 valence electrons. The normalized spacial score (nSPS) is 19.8. The quantitative estimate of drug-likeness (QED) is 0.632. The molecule has 1 atom stereocenters. The number of ether oxygens (including phenoxy) is 1. The summed E-state index contributed by atoms with van der Waals surface area (Å²) >= 11 is 0. The molecule has 18 heavy (non-hydrogen) atoms. The molecule has 0 bridgehead atoms. The number of hydrogen-bond acceptors (Lipinski definition) is 3. The maximum atomic E-state index is 11.2. The molecule has 1 aliphatic carbocycles. The molecule has 0 spiro atoms. The lowest BCUT2D eigenvalue weighted by molar-refractivity contribution is 0.228. The van der Waals surface area contributed by atoms with E-state index in [1.165, 1.54) is 12.1 Å². The van der Waals surface area contributed by atoms with Crippen molar-refractivity contribution in [3.63, 3.8) is 0 Å². The third-order valence-electron chi connectivity index (χ3n) is 2.92. The third kappa shape index (κ3) is 3.27. The highest BCUT2D eigenvalue weighted by Crippen LogP contribution is 2.26. The van der Waals surface area contributed by atoms with Crippen LogP contribution in [-0.2, 0) is 9.05 Å². The SMILES string of the molecule is Cc1cc(S(=O)(=O)Cl)ccc1OC1C=CCCC1. The average Bonchev–Trinajstić information content (AvgIpc) is 2.32.